The van der Waals surface area contributed by atoms with Crippen molar-refractivity contribution < 1.29 is 21.0 Å². The van der Waals surface area contributed by atoms with Gasteiger partial charge in [0.15, 0.2) is 9.84 Å². The van der Waals surface area contributed by atoms with E-state index >= 15 is 0 Å². The summed E-state index contributed by atoms with van der Waals surface area (Å²) in [6.45, 7) is -0.221. The third-order valence-corrected chi connectivity index (χ3v) is 3.89. The largest absolute Gasteiger partial charge is 0.265 e. The topological polar surface area (TPSA) is 77.5 Å². The molecule has 96 valence electrons. The standard InChI is InChI=1S/C9H11ClO5S2/c1-16(11,12)8-4-3-7(9(10)5-8)6-15-17(2,13)14/h3-5H,6H2,1-2H3. The van der Waals surface area contributed by atoms with Gasteiger partial charge in [0.05, 0.1) is 17.8 Å². The Kier molecular flexibility index (Phi) is 4.19. The van der Waals surface area contributed by atoms with Gasteiger partial charge in [-0.25, -0.2) is 8.42 Å². The molecular formula is C9H11ClO5S2. The fourth-order valence-electron chi connectivity index (χ4n) is 1.05. The predicted molar refractivity (Wildman–Crippen MR) is 64.2 cm³/mol. The van der Waals surface area contributed by atoms with Crippen LogP contribution < -0.4 is 0 Å². The van der Waals surface area contributed by atoms with Crippen molar-refractivity contribution in [2.75, 3.05) is 12.5 Å². The average Bonchev–Trinajstić information content (AvgIpc) is 2.12. The maximum Gasteiger partial charge on any atom is 0.264 e. The van der Waals surface area contributed by atoms with E-state index in [1.54, 1.807) is 0 Å². The molecule has 0 aliphatic rings. The van der Waals surface area contributed by atoms with Crippen molar-refractivity contribution in [3.8, 4) is 0 Å². The number of benzene rings is 1. The molecule has 0 saturated heterocycles. The first-order valence-corrected chi connectivity index (χ1v) is 8.51. The summed E-state index contributed by atoms with van der Waals surface area (Å²) in [5.41, 5.74) is 0.407. The van der Waals surface area contributed by atoms with E-state index in [0.29, 0.717) is 5.56 Å². The number of hydrogen-bond donors (Lipinski definition) is 0. The maximum atomic E-state index is 11.2. The lowest BCUT2D eigenvalue weighted by molar-refractivity contribution is 0.311. The molecular weight excluding hydrogens is 288 g/mol. The summed E-state index contributed by atoms with van der Waals surface area (Å²) >= 11 is 5.83. The summed E-state index contributed by atoms with van der Waals surface area (Å²) in [6, 6.07) is 4.03. The summed E-state index contributed by atoms with van der Waals surface area (Å²) in [5, 5.41) is 0.150. The lowest BCUT2D eigenvalue weighted by Crippen LogP contribution is -2.04. The molecule has 0 aliphatic heterocycles. The van der Waals surface area contributed by atoms with Crippen LogP contribution in [0.5, 0.6) is 0 Å². The second kappa shape index (κ2) is 4.93. The fraction of sp³-hybridized carbons (Fsp3) is 0.333. The molecule has 5 nitrogen and oxygen atoms in total. The molecule has 0 N–H and O–H groups in total. The van der Waals surface area contributed by atoms with Crippen LogP contribution in [0.25, 0.3) is 0 Å². The summed E-state index contributed by atoms with van der Waals surface area (Å²) in [4.78, 5) is 0.0746. The minimum atomic E-state index is -3.55. The minimum Gasteiger partial charge on any atom is -0.265 e. The smallest absolute Gasteiger partial charge is 0.264 e. The van der Waals surface area contributed by atoms with Crippen molar-refractivity contribution in [3.63, 3.8) is 0 Å². The Morgan fingerprint density at radius 3 is 2.18 bits per heavy atom. The normalized spacial score (nSPS) is 12.6. The van der Waals surface area contributed by atoms with Crippen molar-refractivity contribution in [1.29, 1.82) is 0 Å². The molecule has 0 saturated carbocycles. The minimum absolute atomic E-state index is 0.0746. The SMILES string of the molecule is CS(=O)(=O)OCc1ccc(S(C)(=O)=O)cc1Cl. The molecule has 1 aromatic rings. The molecule has 0 aromatic heterocycles. The average molecular weight is 299 g/mol. The predicted octanol–water partition coefficient (Wildman–Crippen LogP) is 1.22. The Bertz CT molecular complexity index is 619. The van der Waals surface area contributed by atoms with Gasteiger partial charge in [-0.1, -0.05) is 17.7 Å². The van der Waals surface area contributed by atoms with E-state index in [4.69, 9.17) is 11.6 Å². The summed E-state index contributed by atoms with van der Waals surface area (Å²) < 4.78 is 48.6. The lowest BCUT2D eigenvalue weighted by Gasteiger charge is -2.06. The molecule has 0 aliphatic carbocycles. The highest BCUT2D eigenvalue weighted by molar-refractivity contribution is 7.90. The van der Waals surface area contributed by atoms with Crippen LogP contribution in [-0.2, 0) is 30.7 Å². The Morgan fingerprint density at radius 2 is 1.76 bits per heavy atom. The van der Waals surface area contributed by atoms with Crippen LogP contribution in [0.4, 0.5) is 0 Å². The Hall–Kier alpha value is -0.630. The van der Waals surface area contributed by atoms with Gasteiger partial charge >= 0.3 is 0 Å². The Balaban J connectivity index is 2.99. The zero-order valence-electron chi connectivity index (χ0n) is 9.17. The van der Waals surface area contributed by atoms with Crippen molar-refractivity contribution in [2.24, 2.45) is 0 Å². The van der Waals surface area contributed by atoms with E-state index in [-0.39, 0.29) is 16.5 Å². The van der Waals surface area contributed by atoms with Gasteiger partial charge in [0, 0.05) is 11.3 Å². The molecule has 1 rings (SSSR count). The van der Waals surface area contributed by atoms with E-state index in [1.165, 1.54) is 18.2 Å². The zero-order chi connectivity index (χ0) is 13.3. The zero-order valence-corrected chi connectivity index (χ0v) is 11.6. The molecule has 0 fully saturated rings. The van der Waals surface area contributed by atoms with Crippen molar-refractivity contribution in [3.05, 3.63) is 28.8 Å². The van der Waals surface area contributed by atoms with Gasteiger partial charge in [-0.15, -0.1) is 0 Å². The third-order valence-electron chi connectivity index (χ3n) is 1.88. The number of hydrogen-bond acceptors (Lipinski definition) is 5. The van der Waals surface area contributed by atoms with Gasteiger partial charge in [0.2, 0.25) is 0 Å². The van der Waals surface area contributed by atoms with Crippen molar-refractivity contribution in [1.82, 2.24) is 0 Å². The molecule has 0 heterocycles. The second-order valence-electron chi connectivity index (χ2n) is 3.49. The molecule has 0 unspecified atom stereocenters. The first-order valence-electron chi connectivity index (χ1n) is 4.42. The molecule has 1 aromatic carbocycles. The summed E-state index contributed by atoms with van der Waals surface area (Å²) in [6.07, 6.45) is 1.98. The summed E-state index contributed by atoms with van der Waals surface area (Å²) in [5.74, 6) is 0. The number of rotatable bonds is 4. The van der Waals surface area contributed by atoms with E-state index in [2.05, 4.69) is 4.18 Å². The van der Waals surface area contributed by atoms with Crippen molar-refractivity contribution >= 4 is 31.6 Å². The third kappa shape index (κ3) is 4.63. The molecule has 8 heteroatoms. The van der Waals surface area contributed by atoms with Gasteiger partial charge in [0.1, 0.15) is 0 Å². The van der Waals surface area contributed by atoms with Crippen LogP contribution >= 0.6 is 11.6 Å². The van der Waals surface area contributed by atoms with Gasteiger partial charge in [0.25, 0.3) is 10.1 Å². The first-order chi connectivity index (χ1) is 7.59. The molecule has 0 radical (unpaired) electrons. The molecule has 17 heavy (non-hydrogen) atoms. The maximum absolute atomic E-state index is 11.2. The number of halogens is 1. The van der Waals surface area contributed by atoms with Crippen LogP contribution in [-0.4, -0.2) is 29.3 Å². The molecule has 0 atom stereocenters. The van der Waals surface area contributed by atoms with Gasteiger partial charge in [-0.3, -0.25) is 4.18 Å². The fourth-order valence-corrected chi connectivity index (χ4v) is 2.33. The monoisotopic (exact) mass is 298 g/mol. The highest BCUT2D eigenvalue weighted by atomic mass is 35.5. The van der Waals surface area contributed by atoms with Gasteiger partial charge < -0.3 is 0 Å². The first kappa shape index (κ1) is 14.4. The van der Waals surface area contributed by atoms with Crippen LogP contribution in [0.1, 0.15) is 5.56 Å². The highest BCUT2D eigenvalue weighted by Gasteiger charge is 2.11. The van der Waals surface area contributed by atoms with Gasteiger partial charge in [-0.05, 0) is 17.7 Å². The lowest BCUT2D eigenvalue weighted by atomic mass is 10.2. The van der Waals surface area contributed by atoms with E-state index in [1.807, 2.05) is 0 Å². The van der Waals surface area contributed by atoms with E-state index in [9.17, 15) is 16.8 Å². The van der Waals surface area contributed by atoms with Crippen LogP contribution in [0, 0.1) is 0 Å². The quantitative estimate of drug-likeness (QED) is 0.781. The summed E-state index contributed by atoms with van der Waals surface area (Å²) in [7, 11) is -6.88. The second-order valence-corrected chi connectivity index (χ2v) is 7.56. The van der Waals surface area contributed by atoms with Crippen molar-refractivity contribution in [2.45, 2.75) is 11.5 Å². The molecule has 0 spiro atoms. The molecule has 0 amide bonds. The van der Waals surface area contributed by atoms with Crippen LogP contribution in [0.2, 0.25) is 5.02 Å². The number of sulfone groups is 1. The Labute approximate surface area is 105 Å². The van der Waals surface area contributed by atoms with E-state index in [0.717, 1.165) is 12.5 Å². The Morgan fingerprint density at radius 1 is 1.18 bits per heavy atom. The molecule has 0 bridgehead atoms. The highest BCUT2D eigenvalue weighted by Crippen LogP contribution is 2.21. The van der Waals surface area contributed by atoms with Gasteiger partial charge in [-0.2, -0.15) is 8.42 Å². The van der Waals surface area contributed by atoms with Crippen LogP contribution in [0.15, 0.2) is 23.1 Å². The van der Waals surface area contributed by atoms with Crippen LogP contribution in [0.3, 0.4) is 0 Å². The van der Waals surface area contributed by atoms with E-state index < -0.39 is 20.0 Å².